The summed E-state index contributed by atoms with van der Waals surface area (Å²) in [5.74, 6) is 1.25. The van der Waals surface area contributed by atoms with Crippen molar-refractivity contribution < 1.29 is 0 Å². The number of thioether (sulfide) groups is 1. The summed E-state index contributed by atoms with van der Waals surface area (Å²) in [5, 5.41) is 4.40. The standard InChI is InChI=1S/C16H25NS/c1-13-6-5-7-14(10-13)11-15(17-2)12-18-16-8-3-4-9-16/h5-7,10,15-17H,3-4,8-9,11-12H2,1-2H3. The highest BCUT2D eigenvalue weighted by Crippen LogP contribution is 2.29. The summed E-state index contributed by atoms with van der Waals surface area (Å²) < 4.78 is 0. The van der Waals surface area contributed by atoms with E-state index < -0.39 is 0 Å². The van der Waals surface area contributed by atoms with Gasteiger partial charge in [-0.25, -0.2) is 0 Å². The molecular formula is C16H25NS. The van der Waals surface area contributed by atoms with E-state index in [9.17, 15) is 0 Å². The molecule has 0 aromatic heterocycles. The first-order chi connectivity index (χ1) is 8.78. The molecule has 0 heterocycles. The zero-order valence-corrected chi connectivity index (χ0v) is 12.4. The van der Waals surface area contributed by atoms with Crippen molar-refractivity contribution in [3.8, 4) is 0 Å². The lowest BCUT2D eigenvalue weighted by atomic mass is 10.1. The summed E-state index contributed by atoms with van der Waals surface area (Å²) >= 11 is 2.18. The number of rotatable bonds is 6. The zero-order valence-electron chi connectivity index (χ0n) is 11.6. The second kappa shape index (κ2) is 7.20. The van der Waals surface area contributed by atoms with Crippen molar-refractivity contribution in [1.82, 2.24) is 5.32 Å². The van der Waals surface area contributed by atoms with E-state index in [2.05, 4.69) is 55.3 Å². The molecule has 1 saturated carbocycles. The first-order valence-electron chi connectivity index (χ1n) is 7.12. The van der Waals surface area contributed by atoms with Crippen LogP contribution in [-0.4, -0.2) is 24.1 Å². The van der Waals surface area contributed by atoms with Crippen molar-refractivity contribution in [3.05, 3.63) is 35.4 Å². The lowest BCUT2D eigenvalue weighted by Gasteiger charge is -2.18. The summed E-state index contributed by atoms with van der Waals surface area (Å²) in [4.78, 5) is 0. The van der Waals surface area contributed by atoms with Crippen molar-refractivity contribution in [2.75, 3.05) is 12.8 Å². The van der Waals surface area contributed by atoms with Crippen LogP contribution < -0.4 is 5.32 Å². The van der Waals surface area contributed by atoms with E-state index in [-0.39, 0.29) is 0 Å². The Morgan fingerprint density at radius 2 is 2.11 bits per heavy atom. The zero-order chi connectivity index (χ0) is 12.8. The smallest absolute Gasteiger partial charge is 0.0195 e. The Kier molecular flexibility index (Phi) is 5.58. The van der Waals surface area contributed by atoms with Crippen LogP contribution in [0.2, 0.25) is 0 Å². The van der Waals surface area contributed by atoms with Gasteiger partial charge < -0.3 is 5.32 Å². The molecule has 2 rings (SSSR count). The van der Waals surface area contributed by atoms with Crippen molar-refractivity contribution in [2.45, 2.75) is 50.3 Å². The van der Waals surface area contributed by atoms with Gasteiger partial charge in [0.05, 0.1) is 0 Å². The van der Waals surface area contributed by atoms with Crippen LogP contribution in [0.3, 0.4) is 0 Å². The van der Waals surface area contributed by atoms with E-state index in [1.54, 1.807) is 0 Å². The maximum absolute atomic E-state index is 3.47. The molecular weight excluding hydrogens is 238 g/mol. The number of nitrogens with one attached hydrogen (secondary N) is 1. The summed E-state index contributed by atoms with van der Waals surface area (Å²) in [6.45, 7) is 2.17. The maximum Gasteiger partial charge on any atom is 0.0195 e. The number of aryl methyl sites for hydroxylation is 1. The van der Waals surface area contributed by atoms with Gasteiger partial charge in [0.1, 0.15) is 0 Å². The van der Waals surface area contributed by atoms with Gasteiger partial charge in [0.15, 0.2) is 0 Å². The van der Waals surface area contributed by atoms with E-state index in [0.29, 0.717) is 6.04 Å². The van der Waals surface area contributed by atoms with Crippen LogP contribution in [0, 0.1) is 6.92 Å². The van der Waals surface area contributed by atoms with Crippen molar-refractivity contribution in [1.29, 1.82) is 0 Å². The van der Waals surface area contributed by atoms with Crippen LogP contribution in [0.4, 0.5) is 0 Å². The van der Waals surface area contributed by atoms with Crippen molar-refractivity contribution >= 4 is 11.8 Å². The molecule has 2 heteroatoms. The molecule has 18 heavy (non-hydrogen) atoms. The quantitative estimate of drug-likeness (QED) is 0.838. The molecule has 0 saturated heterocycles. The fourth-order valence-corrected chi connectivity index (χ4v) is 4.13. The third kappa shape index (κ3) is 4.33. The predicted octanol–water partition coefficient (Wildman–Crippen LogP) is 3.80. The predicted molar refractivity (Wildman–Crippen MR) is 82.4 cm³/mol. The van der Waals surface area contributed by atoms with Crippen molar-refractivity contribution in [2.24, 2.45) is 0 Å². The average Bonchev–Trinajstić information content (AvgIpc) is 2.87. The Balaban J connectivity index is 1.81. The topological polar surface area (TPSA) is 12.0 Å². The normalized spacial score (nSPS) is 18.1. The van der Waals surface area contributed by atoms with Crippen LogP contribution in [-0.2, 0) is 6.42 Å². The Bertz CT molecular complexity index is 358. The van der Waals surface area contributed by atoms with E-state index in [4.69, 9.17) is 0 Å². The Morgan fingerprint density at radius 3 is 2.78 bits per heavy atom. The molecule has 1 aromatic rings. The molecule has 1 aromatic carbocycles. The van der Waals surface area contributed by atoms with Gasteiger partial charge in [0.2, 0.25) is 0 Å². The number of hydrogen-bond acceptors (Lipinski definition) is 2. The summed E-state index contributed by atoms with van der Waals surface area (Å²) in [6, 6.07) is 9.51. The third-order valence-corrected chi connectivity index (χ3v) is 5.35. The molecule has 1 fully saturated rings. The van der Waals surface area contributed by atoms with Crippen molar-refractivity contribution in [3.63, 3.8) is 0 Å². The van der Waals surface area contributed by atoms with Crippen LogP contribution in [0.1, 0.15) is 36.8 Å². The van der Waals surface area contributed by atoms with E-state index in [1.165, 1.54) is 42.6 Å². The van der Waals surface area contributed by atoms with Crippen LogP contribution >= 0.6 is 11.8 Å². The van der Waals surface area contributed by atoms with Gasteiger partial charge >= 0.3 is 0 Å². The van der Waals surface area contributed by atoms with Crippen LogP contribution in [0.25, 0.3) is 0 Å². The first-order valence-corrected chi connectivity index (χ1v) is 8.17. The van der Waals surface area contributed by atoms with Gasteiger partial charge in [-0.15, -0.1) is 0 Å². The molecule has 1 atom stereocenters. The Morgan fingerprint density at radius 1 is 1.33 bits per heavy atom. The minimum atomic E-state index is 0.609. The molecule has 100 valence electrons. The number of likely N-dealkylation sites (N-methyl/N-ethyl adjacent to an activating group) is 1. The van der Waals surface area contributed by atoms with Gasteiger partial charge in [-0.05, 0) is 38.8 Å². The van der Waals surface area contributed by atoms with E-state index >= 15 is 0 Å². The fourth-order valence-electron chi connectivity index (χ4n) is 2.68. The monoisotopic (exact) mass is 263 g/mol. The largest absolute Gasteiger partial charge is 0.316 e. The van der Waals surface area contributed by atoms with Gasteiger partial charge in [0, 0.05) is 17.0 Å². The fraction of sp³-hybridized carbons (Fsp3) is 0.625. The molecule has 1 aliphatic rings. The molecule has 1 nitrogen and oxygen atoms in total. The molecule has 1 N–H and O–H groups in total. The van der Waals surface area contributed by atoms with E-state index in [1.807, 2.05) is 0 Å². The summed E-state index contributed by atoms with van der Waals surface area (Å²) in [6.07, 6.45) is 6.91. The lowest BCUT2D eigenvalue weighted by Crippen LogP contribution is -2.30. The number of hydrogen-bond donors (Lipinski definition) is 1. The molecule has 0 radical (unpaired) electrons. The van der Waals surface area contributed by atoms with Gasteiger partial charge in [-0.3, -0.25) is 0 Å². The molecule has 0 bridgehead atoms. The first kappa shape index (κ1) is 14.0. The van der Waals surface area contributed by atoms with Gasteiger partial charge in [0.25, 0.3) is 0 Å². The van der Waals surface area contributed by atoms with Crippen LogP contribution in [0.5, 0.6) is 0 Å². The molecule has 0 aliphatic heterocycles. The minimum Gasteiger partial charge on any atom is -0.316 e. The van der Waals surface area contributed by atoms with Gasteiger partial charge in [-0.1, -0.05) is 42.7 Å². The second-order valence-electron chi connectivity index (χ2n) is 5.42. The highest BCUT2D eigenvalue weighted by atomic mass is 32.2. The molecule has 1 unspecified atom stereocenters. The highest BCUT2D eigenvalue weighted by Gasteiger charge is 2.17. The SMILES string of the molecule is CNC(CSC1CCCC1)Cc1cccc(C)c1. The Labute approximate surface area is 116 Å². The second-order valence-corrected chi connectivity index (χ2v) is 6.75. The summed E-state index contributed by atoms with van der Waals surface area (Å²) in [5.41, 5.74) is 2.83. The van der Waals surface area contributed by atoms with E-state index in [0.717, 1.165) is 11.7 Å². The lowest BCUT2D eigenvalue weighted by molar-refractivity contribution is 0.615. The molecule has 0 amide bonds. The maximum atomic E-state index is 3.47. The van der Waals surface area contributed by atoms with Gasteiger partial charge in [-0.2, -0.15) is 11.8 Å². The average molecular weight is 263 g/mol. The number of benzene rings is 1. The third-order valence-electron chi connectivity index (χ3n) is 3.81. The van der Waals surface area contributed by atoms with Crippen LogP contribution in [0.15, 0.2) is 24.3 Å². The highest BCUT2D eigenvalue weighted by molar-refractivity contribution is 7.99. The Hall–Kier alpha value is -0.470. The minimum absolute atomic E-state index is 0.609. The summed E-state index contributed by atoms with van der Waals surface area (Å²) in [7, 11) is 2.09. The molecule has 0 spiro atoms. The molecule has 1 aliphatic carbocycles.